The molecule has 0 saturated carbocycles. The van der Waals surface area contributed by atoms with Gasteiger partial charge in [0.25, 0.3) is 5.56 Å². The van der Waals surface area contributed by atoms with Gasteiger partial charge in [0.1, 0.15) is 0 Å². The fourth-order valence-electron chi connectivity index (χ4n) is 1.79. The zero-order valence-electron chi connectivity index (χ0n) is 9.50. The number of hydrogen-bond acceptors (Lipinski definition) is 4. The zero-order valence-corrected chi connectivity index (χ0v) is 10.3. The van der Waals surface area contributed by atoms with Gasteiger partial charge in [0.2, 0.25) is 0 Å². The smallest absolute Gasteiger partial charge is 0.290 e. The molecule has 0 amide bonds. The number of nitrogens with one attached hydrogen (secondary N) is 1. The Hall–Kier alpha value is -2.47. The van der Waals surface area contributed by atoms with Crippen LogP contribution in [-0.4, -0.2) is 19.5 Å². The number of benzene rings is 1. The van der Waals surface area contributed by atoms with Crippen LogP contribution in [0.2, 0.25) is 5.02 Å². The van der Waals surface area contributed by atoms with E-state index in [1.807, 2.05) is 0 Å². The molecule has 0 aliphatic carbocycles. The van der Waals surface area contributed by atoms with Crippen LogP contribution < -0.4 is 11.2 Å². The second-order valence-corrected chi connectivity index (χ2v) is 4.24. The molecule has 94 valence electrons. The van der Waals surface area contributed by atoms with E-state index in [1.54, 1.807) is 18.2 Å². The zero-order chi connectivity index (χ0) is 13.4. The molecule has 1 N–H and O–H groups in total. The highest BCUT2D eigenvalue weighted by Crippen LogP contribution is 2.12. The Morgan fingerprint density at radius 3 is 2.74 bits per heavy atom. The van der Waals surface area contributed by atoms with Gasteiger partial charge in [-0.1, -0.05) is 17.7 Å². The molecule has 0 bridgehead atoms. The van der Waals surface area contributed by atoms with Crippen LogP contribution in [0.1, 0.15) is 0 Å². The van der Waals surface area contributed by atoms with E-state index >= 15 is 0 Å². The van der Waals surface area contributed by atoms with Gasteiger partial charge in [0, 0.05) is 17.4 Å². The molecule has 3 aromatic rings. The van der Waals surface area contributed by atoms with Crippen LogP contribution in [0.4, 0.5) is 0 Å². The highest BCUT2D eigenvalue weighted by atomic mass is 35.5. The van der Waals surface area contributed by atoms with Crippen LogP contribution in [0.3, 0.4) is 0 Å². The van der Waals surface area contributed by atoms with Gasteiger partial charge in [-0.3, -0.25) is 9.78 Å². The van der Waals surface area contributed by atoms with Gasteiger partial charge >= 0.3 is 5.69 Å². The lowest BCUT2D eigenvalue weighted by Gasteiger charge is -2.05. The normalized spacial score (nSPS) is 10.8. The predicted octanol–water partition coefficient (Wildman–Crippen LogP) is 1.12. The maximum absolute atomic E-state index is 12.3. The molecule has 0 atom stereocenters. The Balaban J connectivity index is 2.42. The third kappa shape index (κ3) is 1.92. The molecule has 7 heteroatoms. The van der Waals surface area contributed by atoms with Crippen molar-refractivity contribution < 1.29 is 0 Å². The fraction of sp³-hybridized carbons (Fsp3) is 0. The molecular weight excluding hydrogens is 268 g/mol. The number of aromatic amines is 1. The first-order valence-electron chi connectivity index (χ1n) is 5.39. The summed E-state index contributed by atoms with van der Waals surface area (Å²) in [4.78, 5) is 34.6. The minimum absolute atomic E-state index is 0.0991. The molecular formula is C12H7ClN4O2. The van der Waals surface area contributed by atoms with Crippen LogP contribution in [0.25, 0.3) is 16.9 Å². The second-order valence-electron chi connectivity index (χ2n) is 3.80. The Morgan fingerprint density at radius 2 is 1.95 bits per heavy atom. The molecule has 19 heavy (non-hydrogen) atoms. The third-order valence-corrected chi connectivity index (χ3v) is 2.83. The molecule has 0 spiro atoms. The molecule has 0 radical (unpaired) electrons. The van der Waals surface area contributed by atoms with Gasteiger partial charge in [0.05, 0.1) is 5.69 Å². The Kier molecular flexibility index (Phi) is 2.64. The first-order chi connectivity index (χ1) is 9.16. The predicted molar refractivity (Wildman–Crippen MR) is 70.8 cm³/mol. The molecule has 2 heterocycles. The van der Waals surface area contributed by atoms with E-state index in [2.05, 4.69) is 15.0 Å². The van der Waals surface area contributed by atoms with E-state index < -0.39 is 11.2 Å². The number of H-pyrrole nitrogens is 1. The van der Waals surface area contributed by atoms with Crippen molar-refractivity contribution >= 4 is 22.8 Å². The fourth-order valence-corrected chi connectivity index (χ4v) is 1.98. The van der Waals surface area contributed by atoms with E-state index in [0.717, 1.165) is 4.57 Å². The lowest BCUT2D eigenvalue weighted by Crippen LogP contribution is -2.34. The number of hydrogen-bond donors (Lipinski definition) is 1. The van der Waals surface area contributed by atoms with E-state index in [0.29, 0.717) is 10.7 Å². The van der Waals surface area contributed by atoms with Crippen molar-refractivity contribution in [1.29, 1.82) is 0 Å². The topological polar surface area (TPSA) is 80.6 Å². The summed E-state index contributed by atoms with van der Waals surface area (Å²) in [6.45, 7) is 0. The minimum atomic E-state index is -0.583. The summed E-state index contributed by atoms with van der Waals surface area (Å²) in [5.41, 5.74) is -0.474. The SMILES string of the molecule is O=c1[nH]c2nccnc2c(=O)n1-c1cccc(Cl)c1. The minimum Gasteiger partial charge on any atom is -0.290 e. The average Bonchev–Trinajstić information content (AvgIpc) is 2.39. The summed E-state index contributed by atoms with van der Waals surface area (Å²) in [5.74, 6) is 0. The molecule has 0 aliphatic rings. The number of nitrogens with zero attached hydrogens (tertiary/aromatic N) is 3. The second kappa shape index (κ2) is 4.33. The highest BCUT2D eigenvalue weighted by Gasteiger charge is 2.10. The molecule has 1 aromatic carbocycles. The Morgan fingerprint density at radius 1 is 1.16 bits per heavy atom. The lowest BCUT2D eigenvalue weighted by molar-refractivity contribution is 0.888. The van der Waals surface area contributed by atoms with Crippen molar-refractivity contribution in [3.05, 3.63) is 62.5 Å². The van der Waals surface area contributed by atoms with Gasteiger partial charge in [0.15, 0.2) is 11.2 Å². The van der Waals surface area contributed by atoms with E-state index in [4.69, 9.17) is 11.6 Å². The van der Waals surface area contributed by atoms with Crippen LogP contribution in [0, 0.1) is 0 Å². The number of aromatic nitrogens is 4. The Bertz CT molecular complexity index is 885. The molecule has 0 fully saturated rings. The molecule has 6 nitrogen and oxygen atoms in total. The first-order valence-corrected chi connectivity index (χ1v) is 5.76. The molecule has 0 saturated heterocycles. The molecule has 2 aromatic heterocycles. The van der Waals surface area contributed by atoms with E-state index in [9.17, 15) is 9.59 Å². The highest BCUT2D eigenvalue weighted by molar-refractivity contribution is 6.30. The van der Waals surface area contributed by atoms with Crippen molar-refractivity contribution in [2.45, 2.75) is 0 Å². The van der Waals surface area contributed by atoms with Crippen LogP contribution in [0.15, 0.2) is 46.2 Å². The first kappa shape index (κ1) is 11.6. The van der Waals surface area contributed by atoms with Gasteiger partial charge in [-0.15, -0.1) is 0 Å². The number of halogens is 1. The van der Waals surface area contributed by atoms with Crippen molar-refractivity contribution in [1.82, 2.24) is 19.5 Å². The maximum Gasteiger partial charge on any atom is 0.334 e. The van der Waals surface area contributed by atoms with Crippen molar-refractivity contribution in [3.63, 3.8) is 0 Å². The van der Waals surface area contributed by atoms with Crippen molar-refractivity contribution in [3.8, 4) is 5.69 Å². The summed E-state index contributed by atoms with van der Waals surface area (Å²) in [6.07, 6.45) is 2.80. The molecule has 0 aliphatic heterocycles. The van der Waals surface area contributed by atoms with E-state index in [-0.39, 0.29) is 11.2 Å². The van der Waals surface area contributed by atoms with Gasteiger partial charge in [-0.2, -0.15) is 0 Å². The molecule has 3 rings (SSSR count). The summed E-state index contributed by atoms with van der Waals surface area (Å²) >= 11 is 5.86. The van der Waals surface area contributed by atoms with Crippen LogP contribution in [-0.2, 0) is 0 Å². The Labute approximate surface area is 111 Å². The largest absolute Gasteiger partial charge is 0.334 e. The van der Waals surface area contributed by atoms with Crippen molar-refractivity contribution in [2.75, 3.05) is 0 Å². The quantitative estimate of drug-likeness (QED) is 0.721. The van der Waals surface area contributed by atoms with Gasteiger partial charge in [-0.05, 0) is 18.2 Å². The number of fused-ring (bicyclic) bond motifs is 1. The van der Waals surface area contributed by atoms with E-state index in [1.165, 1.54) is 18.5 Å². The molecule has 0 unspecified atom stereocenters. The van der Waals surface area contributed by atoms with Crippen LogP contribution in [0.5, 0.6) is 0 Å². The van der Waals surface area contributed by atoms with Gasteiger partial charge < -0.3 is 0 Å². The van der Waals surface area contributed by atoms with Gasteiger partial charge in [-0.25, -0.2) is 19.3 Å². The standard InChI is InChI=1S/C12H7ClN4O2/c13-7-2-1-3-8(6-7)17-11(18)9-10(16-12(17)19)15-5-4-14-9/h1-6H,(H,15,16,19). The lowest BCUT2D eigenvalue weighted by atomic mass is 10.3. The summed E-state index contributed by atoms with van der Waals surface area (Å²) in [7, 11) is 0. The summed E-state index contributed by atoms with van der Waals surface area (Å²) in [5, 5.41) is 0.433. The third-order valence-electron chi connectivity index (χ3n) is 2.60. The average molecular weight is 275 g/mol. The van der Waals surface area contributed by atoms with Crippen molar-refractivity contribution in [2.24, 2.45) is 0 Å². The van der Waals surface area contributed by atoms with Crippen LogP contribution >= 0.6 is 11.6 Å². The summed E-state index contributed by atoms with van der Waals surface area (Å²) in [6, 6.07) is 6.46. The summed E-state index contributed by atoms with van der Waals surface area (Å²) < 4.78 is 0.975. The number of rotatable bonds is 1. The maximum atomic E-state index is 12.3. The monoisotopic (exact) mass is 274 g/mol.